The van der Waals surface area contributed by atoms with Gasteiger partial charge in [-0.3, -0.25) is 0 Å². The van der Waals surface area contributed by atoms with E-state index < -0.39 is 0 Å². The first-order valence-electron chi connectivity index (χ1n) is 6.66. The second kappa shape index (κ2) is 8.29. The van der Waals surface area contributed by atoms with Crippen molar-refractivity contribution in [3.8, 4) is 5.88 Å². The molecule has 3 N–H and O–H groups in total. The molecule has 0 bridgehead atoms. The fraction of sp³-hybridized carbons (Fsp3) is 0.615. The van der Waals surface area contributed by atoms with E-state index in [1.54, 1.807) is 0 Å². The monoisotopic (exact) mass is 265 g/mol. The highest BCUT2D eigenvalue weighted by Crippen LogP contribution is 2.18. The third-order valence-corrected chi connectivity index (χ3v) is 2.66. The Bertz CT molecular complexity index is 419. The molecule has 0 aliphatic heterocycles. The van der Waals surface area contributed by atoms with Crippen molar-refractivity contribution in [2.45, 2.75) is 40.0 Å². The molecule has 0 aliphatic carbocycles. The van der Waals surface area contributed by atoms with Crippen molar-refractivity contribution in [1.82, 2.24) is 15.2 Å². The first-order chi connectivity index (χ1) is 9.17. The minimum absolute atomic E-state index is 0.149. The number of hydrogen-bond acceptors (Lipinski definition) is 6. The van der Waals surface area contributed by atoms with E-state index in [1.165, 1.54) is 5.57 Å². The molecule has 0 atom stereocenters. The van der Waals surface area contributed by atoms with Crippen LogP contribution in [0.25, 0.3) is 0 Å². The number of nitrogens with two attached hydrogens (primary N) is 1. The van der Waals surface area contributed by atoms with Gasteiger partial charge in [0.2, 0.25) is 5.95 Å². The molecule has 106 valence electrons. The van der Waals surface area contributed by atoms with Gasteiger partial charge in [0, 0.05) is 6.54 Å². The summed E-state index contributed by atoms with van der Waals surface area (Å²) in [6.45, 7) is 7.61. The van der Waals surface area contributed by atoms with E-state index in [2.05, 4.69) is 40.4 Å². The van der Waals surface area contributed by atoms with Crippen molar-refractivity contribution in [1.29, 1.82) is 0 Å². The van der Waals surface area contributed by atoms with Crippen LogP contribution in [-0.4, -0.2) is 28.3 Å². The lowest BCUT2D eigenvalue weighted by molar-refractivity contribution is 0.296. The Morgan fingerprint density at radius 3 is 2.89 bits per heavy atom. The van der Waals surface area contributed by atoms with Gasteiger partial charge in [-0.05, 0) is 33.1 Å². The maximum Gasteiger partial charge on any atom is 0.276 e. The minimum atomic E-state index is 0.149. The molecule has 0 aromatic carbocycles. The largest absolute Gasteiger partial charge is 0.474 e. The molecule has 6 heteroatoms. The summed E-state index contributed by atoms with van der Waals surface area (Å²) in [6.07, 6.45) is 5.06. The molecule has 6 nitrogen and oxygen atoms in total. The standard InChI is InChI=1S/C13H23N5O/c1-4-8-15-11-12(17-18-13(14)16-11)19-9-6-7-10(3)5-2/h5H,4,6-9H2,1-3H3,(H3,14,15,16,18). The molecular weight excluding hydrogens is 242 g/mol. The van der Waals surface area contributed by atoms with E-state index in [-0.39, 0.29) is 5.95 Å². The van der Waals surface area contributed by atoms with Crippen LogP contribution in [0.5, 0.6) is 5.88 Å². The predicted octanol–water partition coefficient (Wildman–Crippen LogP) is 2.40. The molecule has 1 aromatic rings. The molecular formula is C13H23N5O. The normalized spacial score (nSPS) is 11.4. The molecule has 0 saturated heterocycles. The van der Waals surface area contributed by atoms with E-state index in [0.717, 1.165) is 25.8 Å². The van der Waals surface area contributed by atoms with Gasteiger partial charge in [-0.2, -0.15) is 4.98 Å². The molecule has 0 radical (unpaired) electrons. The maximum atomic E-state index is 5.60. The van der Waals surface area contributed by atoms with E-state index >= 15 is 0 Å². The SMILES string of the molecule is CC=C(C)CCCOc1nnc(N)nc1NCCC. The Hall–Kier alpha value is -1.85. The van der Waals surface area contributed by atoms with Crippen molar-refractivity contribution in [2.24, 2.45) is 0 Å². The third kappa shape index (κ3) is 5.54. The summed E-state index contributed by atoms with van der Waals surface area (Å²) >= 11 is 0. The molecule has 1 heterocycles. The summed E-state index contributed by atoms with van der Waals surface area (Å²) in [6, 6.07) is 0. The van der Waals surface area contributed by atoms with Crippen LogP contribution in [0, 0.1) is 0 Å². The van der Waals surface area contributed by atoms with Crippen molar-refractivity contribution in [3.63, 3.8) is 0 Å². The first kappa shape index (κ1) is 15.2. The van der Waals surface area contributed by atoms with Gasteiger partial charge in [0.25, 0.3) is 5.88 Å². The number of anilines is 2. The van der Waals surface area contributed by atoms with Crippen LogP contribution >= 0.6 is 0 Å². The van der Waals surface area contributed by atoms with Crippen LogP contribution in [0.1, 0.15) is 40.0 Å². The van der Waals surface area contributed by atoms with Gasteiger partial charge in [-0.25, -0.2) is 0 Å². The van der Waals surface area contributed by atoms with E-state index in [9.17, 15) is 0 Å². The molecule has 19 heavy (non-hydrogen) atoms. The Morgan fingerprint density at radius 2 is 2.21 bits per heavy atom. The van der Waals surface area contributed by atoms with Crippen molar-refractivity contribution in [3.05, 3.63) is 11.6 Å². The smallest absolute Gasteiger partial charge is 0.276 e. The Morgan fingerprint density at radius 1 is 1.42 bits per heavy atom. The van der Waals surface area contributed by atoms with Crippen LogP contribution in [-0.2, 0) is 0 Å². The summed E-state index contributed by atoms with van der Waals surface area (Å²) in [4.78, 5) is 4.10. The van der Waals surface area contributed by atoms with Gasteiger partial charge < -0.3 is 15.8 Å². The van der Waals surface area contributed by atoms with Crippen LogP contribution in [0.3, 0.4) is 0 Å². The summed E-state index contributed by atoms with van der Waals surface area (Å²) < 4.78 is 5.60. The number of nitrogens with one attached hydrogen (secondary N) is 1. The highest BCUT2D eigenvalue weighted by Gasteiger charge is 2.08. The number of nitrogens with zero attached hydrogens (tertiary/aromatic N) is 3. The molecule has 1 aromatic heterocycles. The quantitative estimate of drug-likeness (QED) is 0.554. The summed E-state index contributed by atoms with van der Waals surface area (Å²) in [5.41, 5.74) is 6.88. The van der Waals surface area contributed by atoms with Crippen LogP contribution in [0.4, 0.5) is 11.8 Å². The fourth-order valence-corrected chi connectivity index (χ4v) is 1.45. The molecule has 0 spiro atoms. The van der Waals surface area contributed by atoms with Crippen LogP contribution in [0.2, 0.25) is 0 Å². The van der Waals surface area contributed by atoms with Crippen LogP contribution < -0.4 is 15.8 Å². The molecule has 0 saturated carbocycles. The Balaban J connectivity index is 2.52. The number of rotatable bonds is 8. The molecule has 0 unspecified atom stereocenters. The predicted molar refractivity (Wildman–Crippen MR) is 77.2 cm³/mol. The van der Waals surface area contributed by atoms with Gasteiger partial charge in [0.1, 0.15) is 0 Å². The second-order valence-electron chi connectivity index (χ2n) is 4.34. The zero-order chi connectivity index (χ0) is 14.1. The average Bonchev–Trinajstić information content (AvgIpc) is 2.42. The first-order valence-corrected chi connectivity index (χ1v) is 6.66. The van der Waals surface area contributed by atoms with Gasteiger partial charge in [0.15, 0.2) is 5.82 Å². The van der Waals surface area contributed by atoms with E-state index in [0.29, 0.717) is 18.3 Å². The third-order valence-electron chi connectivity index (χ3n) is 2.66. The van der Waals surface area contributed by atoms with E-state index in [4.69, 9.17) is 10.5 Å². The number of ether oxygens (including phenoxy) is 1. The Labute approximate surface area is 114 Å². The number of aromatic nitrogens is 3. The fourth-order valence-electron chi connectivity index (χ4n) is 1.45. The molecule has 0 fully saturated rings. The Kier molecular flexibility index (Phi) is 6.63. The lowest BCUT2D eigenvalue weighted by atomic mass is 10.2. The summed E-state index contributed by atoms with van der Waals surface area (Å²) in [5, 5.41) is 10.8. The maximum absolute atomic E-state index is 5.60. The van der Waals surface area contributed by atoms with Gasteiger partial charge in [-0.1, -0.05) is 18.6 Å². The van der Waals surface area contributed by atoms with Crippen LogP contribution in [0.15, 0.2) is 11.6 Å². The molecule has 0 aliphatic rings. The number of allylic oxidation sites excluding steroid dienone is 2. The zero-order valence-corrected chi connectivity index (χ0v) is 11.9. The highest BCUT2D eigenvalue weighted by molar-refractivity contribution is 5.46. The number of hydrogen-bond donors (Lipinski definition) is 2. The minimum Gasteiger partial charge on any atom is -0.474 e. The van der Waals surface area contributed by atoms with Gasteiger partial charge in [0.05, 0.1) is 6.61 Å². The lowest BCUT2D eigenvalue weighted by Crippen LogP contribution is -2.10. The number of nitrogen functional groups attached to an aromatic ring is 1. The average molecular weight is 265 g/mol. The molecule has 1 rings (SSSR count). The summed E-state index contributed by atoms with van der Waals surface area (Å²) in [7, 11) is 0. The molecule has 0 amide bonds. The topological polar surface area (TPSA) is 86.0 Å². The van der Waals surface area contributed by atoms with Gasteiger partial charge in [-0.15, -0.1) is 10.2 Å². The van der Waals surface area contributed by atoms with Crippen molar-refractivity contribution < 1.29 is 4.74 Å². The summed E-state index contributed by atoms with van der Waals surface area (Å²) in [5.74, 6) is 1.13. The second-order valence-corrected chi connectivity index (χ2v) is 4.34. The van der Waals surface area contributed by atoms with Crippen molar-refractivity contribution >= 4 is 11.8 Å². The van der Waals surface area contributed by atoms with Crippen molar-refractivity contribution in [2.75, 3.05) is 24.2 Å². The zero-order valence-electron chi connectivity index (χ0n) is 11.9. The van der Waals surface area contributed by atoms with E-state index in [1.807, 2.05) is 6.92 Å². The lowest BCUT2D eigenvalue weighted by Gasteiger charge is -2.10. The van der Waals surface area contributed by atoms with Gasteiger partial charge >= 0.3 is 0 Å². The highest BCUT2D eigenvalue weighted by atomic mass is 16.5.